The summed E-state index contributed by atoms with van der Waals surface area (Å²) in [4.78, 5) is 24.1. The fourth-order valence-corrected chi connectivity index (χ4v) is 2.59. The summed E-state index contributed by atoms with van der Waals surface area (Å²) in [5.41, 5.74) is 0. The Hall–Kier alpha value is -2.08. The van der Waals surface area contributed by atoms with Gasteiger partial charge < -0.3 is 15.2 Å². The third-order valence-corrected chi connectivity index (χ3v) is 3.64. The first-order chi connectivity index (χ1) is 10.6. The Morgan fingerprint density at radius 1 is 1.32 bits per heavy atom. The van der Waals surface area contributed by atoms with E-state index in [1.165, 1.54) is 0 Å². The normalized spacial score (nSPS) is 18.6. The van der Waals surface area contributed by atoms with Gasteiger partial charge in [-0.3, -0.25) is 14.5 Å². The molecule has 0 saturated carbocycles. The SMILES string of the molecule is O=C(O)CNC(=O)CN1CCCC(COc2ccccc2)C1. The lowest BCUT2D eigenvalue weighted by Gasteiger charge is -2.32. The number of hydrogen-bond acceptors (Lipinski definition) is 4. The molecule has 22 heavy (non-hydrogen) atoms. The quantitative estimate of drug-likeness (QED) is 0.785. The topological polar surface area (TPSA) is 78.9 Å². The first-order valence-corrected chi connectivity index (χ1v) is 7.52. The average molecular weight is 306 g/mol. The molecule has 6 heteroatoms. The van der Waals surface area contributed by atoms with E-state index in [4.69, 9.17) is 9.84 Å². The predicted octanol–water partition coefficient (Wildman–Crippen LogP) is 0.978. The van der Waals surface area contributed by atoms with Crippen LogP contribution in [-0.2, 0) is 9.59 Å². The van der Waals surface area contributed by atoms with Crippen molar-refractivity contribution in [3.05, 3.63) is 30.3 Å². The number of likely N-dealkylation sites (tertiary alicyclic amines) is 1. The standard InChI is InChI=1S/C16H22N2O4/c19-15(17-9-16(20)21)11-18-8-4-5-13(10-18)12-22-14-6-2-1-3-7-14/h1-3,6-7,13H,4-5,8-12H2,(H,17,19)(H,20,21). The molecule has 1 aromatic rings. The molecule has 1 saturated heterocycles. The summed E-state index contributed by atoms with van der Waals surface area (Å²) < 4.78 is 5.77. The molecule has 6 nitrogen and oxygen atoms in total. The number of carbonyl (C=O) groups excluding carboxylic acids is 1. The molecule has 2 rings (SSSR count). The number of carboxylic acids is 1. The van der Waals surface area contributed by atoms with Gasteiger partial charge in [0.1, 0.15) is 12.3 Å². The number of rotatable bonds is 7. The molecule has 0 bridgehead atoms. The first-order valence-electron chi connectivity index (χ1n) is 7.52. The highest BCUT2D eigenvalue weighted by atomic mass is 16.5. The number of benzene rings is 1. The molecule has 1 aliphatic heterocycles. The molecule has 0 aromatic heterocycles. The lowest BCUT2D eigenvalue weighted by molar-refractivity contribution is -0.138. The molecule has 1 heterocycles. The Balaban J connectivity index is 1.72. The summed E-state index contributed by atoms with van der Waals surface area (Å²) in [6, 6.07) is 9.69. The van der Waals surface area contributed by atoms with E-state index in [2.05, 4.69) is 10.2 Å². The summed E-state index contributed by atoms with van der Waals surface area (Å²) in [6.45, 7) is 2.22. The number of nitrogens with one attached hydrogen (secondary N) is 1. The van der Waals surface area contributed by atoms with Gasteiger partial charge in [-0.05, 0) is 31.5 Å². The van der Waals surface area contributed by atoms with E-state index >= 15 is 0 Å². The molecule has 2 N–H and O–H groups in total. The molecule has 1 unspecified atom stereocenters. The van der Waals surface area contributed by atoms with Crippen LogP contribution in [0.1, 0.15) is 12.8 Å². The molecular formula is C16H22N2O4. The van der Waals surface area contributed by atoms with Crippen LogP contribution in [0.4, 0.5) is 0 Å². The molecule has 0 radical (unpaired) electrons. The highest BCUT2D eigenvalue weighted by molar-refractivity contribution is 5.82. The van der Waals surface area contributed by atoms with E-state index in [0.29, 0.717) is 12.5 Å². The molecule has 1 amide bonds. The van der Waals surface area contributed by atoms with E-state index in [0.717, 1.165) is 31.7 Å². The van der Waals surface area contributed by atoms with Crippen molar-refractivity contribution < 1.29 is 19.4 Å². The zero-order valence-corrected chi connectivity index (χ0v) is 12.5. The van der Waals surface area contributed by atoms with E-state index < -0.39 is 5.97 Å². The van der Waals surface area contributed by atoms with Crippen molar-refractivity contribution in [1.82, 2.24) is 10.2 Å². The number of nitrogens with zero attached hydrogens (tertiary/aromatic N) is 1. The van der Waals surface area contributed by atoms with Crippen LogP contribution in [-0.4, -0.2) is 54.7 Å². The maximum Gasteiger partial charge on any atom is 0.322 e. The molecule has 120 valence electrons. The molecule has 0 spiro atoms. The second kappa shape index (κ2) is 8.38. The van der Waals surface area contributed by atoms with Crippen molar-refractivity contribution in [3.63, 3.8) is 0 Å². The average Bonchev–Trinajstić information content (AvgIpc) is 2.52. The second-order valence-electron chi connectivity index (χ2n) is 5.54. The van der Waals surface area contributed by atoms with Crippen LogP contribution >= 0.6 is 0 Å². The minimum atomic E-state index is -1.03. The van der Waals surface area contributed by atoms with Crippen molar-refractivity contribution >= 4 is 11.9 Å². The Labute approximate surface area is 130 Å². The Morgan fingerprint density at radius 3 is 2.82 bits per heavy atom. The molecular weight excluding hydrogens is 284 g/mol. The Morgan fingerprint density at radius 2 is 2.09 bits per heavy atom. The van der Waals surface area contributed by atoms with Gasteiger partial charge in [-0.1, -0.05) is 18.2 Å². The maximum atomic E-state index is 11.7. The van der Waals surface area contributed by atoms with Gasteiger partial charge in [-0.25, -0.2) is 0 Å². The fraction of sp³-hybridized carbons (Fsp3) is 0.500. The summed E-state index contributed by atoms with van der Waals surface area (Å²) in [6.07, 6.45) is 2.11. The van der Waals surface area contributed by atoms with Gasteiger partial charge >= 0.3 is 5.97 Å². The summed E-state index contributed by atoms with van der Waals surface area (Å²) >= 11 is 0. The largest absolute Gasteiger partial charge is 0.493 e. The number of aliphatic carboxylic acids is 1. The van der Waals surface area contributed by atoms with Crippen LogP contribution in [0.15, 0.2) is 30.3 Å². The highest BCUT2D eigenvalue weighted by Crippen LogP contribution is 2.18. The smallest absolute Gasteiger partial charge is 0.322 e. The van der Waals surface area contributed by atoms with E-state index in [9.17, 15) is 9.59 Å². The Bertz CT molecular complexity index is 492. The fourth-order valence-electron chi connectivity index (χ4n) is 2.59. The first kappa shape index (κ1) is 16.3. The van der Waals surface area contributed by atoms with E-state index in [1.807, 2.05) is 30.3 Å². The number of ether oxygens (including phenoxy) is 1. The van der Waals surface area contributed by atoms with Crippen molar-refractivity contribution in [2.45, 2.75) is 12.8 Å². The number of para-hydroxylation sites is 1. The monoisotopic (exact) mass is 306 g/mol. The maximum absolute atomic E-state index is 11.7. The van der Waals surface area contributed by atoms with Crippen molar-refractivity contribution in [1.29, 1.82) is 0 Å². The van der Waals surface area contributed by atoms with Gasteiger partial charge in [0.05, 0.1) is 13.2 Å². The van der Waals surface area contributed by atoms with Crippen LogP contribution in [0.5, 0.6) is 5.75 Å². The number of carbonyl (C=O) groups is 2. The summed E-state index contributed by atoms with van der Waals surface area (Å²) in [5.74, 6) is -0.0202. The number of hydrogen-bond donors (Lipinski definition) is 2. The third-order valence-electron chi connectivity index (χ3n) is 3.64. The van der Waals surface area contributed by atoms with Gasteiger partial charge in [0.25, 0.3) is 0 Å². The van der Waals surface area contributed by atoms with E-state index in [-0.39, 0.29) is 19.0 Å². The van der Waals surface area contributed by atoms with Crippen molar-refractivity contribution in [2.24, 2.45) is 5.92 Å². The predicted molar refractivity (Wildman–Crippen MR) is 81.7 cm³/mol. The van der Waals surface area contributed by atoms with Crippen LogP contribution < -0.4 is 10.1 Å². The Kier molecular flexibility index (Phi) is 6.21. The van der Waals surface area contributed by atoms with Gasteiger partial charge in [0, 0.05) is 12.5 Å². The number of piperidine rings is 1. The molecule has 1 fully saturated rings. The van der Waals surface area contributed by atoms with Crippen molar-refractivity contribution in [2.75, 3.05) is 32.8 Å². The van der Waals surface area contributed by atoms with Crippen LogP contribution in [0, 0.1) is 5.92 Å². The lowest BCUT2D eigenvalue weighted by atomic mass is 9.99. The van der Waals surface area contributed by atoms with Crippen LogP contribution in [0.2, 0.25) is 0 Å². The summed E-state index contributed by atoms with van der Waals surface area (Å²) in [5, 5.41) is 10.9. The van der Waals surface area contributed by atoms with Gasteiger partial charge in [-0.15, -0.1) is 0 Å². The summed E-state index contributed by atoms with van der Waals surface area (Å²) in [7, 11) is 0. The van der Waals surface area contributed by atoms with Gasteiger partial charge in [0.2, 0.25) is 5.91 Å². The van der Waals surface area contributed by atoms with E-state index in [1.54, 1.807) is 0 Å². The number of carboxylic acid groups (broad SMARTS) is 1. The van der Waals surface area contributed by atoms with Crippen LogP contribution in [0.3, 0.4) is 0 Å². The third kappa shape index (κ3) is 5.73. The van der Waals surface area contributed by atoms with Gasteiger partial charge in [-0.2, -0.15) is 0 Å². The highest BCUT2D eigenvalue weighted by Gasteiger charge is 2.22. The lowest BCUT2D eigenvalue weighted by Crippen LogP contribution is -2.44. The molecule has 1 atom stereocenters. The molecule has 1 aliphatic rings. The van der Waals surface area contributed by atoms with Gasteiger partial charge in [0.15, 0.2) is 0 Å². The molecule has 0 aliphatic carbocycles. The molecule has 1 aromatic carbocycles. The zero-order valence-electron chi connectivity index (χ0n) is 12.5. The minimum Gasteiger partial charge on any atom is -0.493 e. The zero-order chi connectivity index (χ0) is 15.8. The minimum absolute atomic E-state index is 0.243. The van der Waals surface area contributed by atoms with Crippen LogP contribution in [0.25, 0.3) is 0 Å². The van der Waals surface area contributed by atoms with Crippen molar-refractivity contribution in [3.8, 4) is 5.75 Å². The second-order valence-corrected chi connectivity index (χ2v) is 5.54. The number of amides is 1.